The number of carbonyl (C=O) groups is 2. The van der Waals surface area contributed by atoms with Crippen molar-refractivity contribution < 1.29 is 23.5 Å². The van der Waals surface area contributed by atoms with E-state index in [0.717, 1.165) is 21.8 Å². The number of hydrogen-bond donors (Lipinski definition) is 0. The van der Waals surface area contributed by atoms with E-state index in [1.54, 1.807) is 30.3 Å². The third-order valence-electron chi connectivity index (χ3n) is 4.95. The molecule has 0 atom stereocenters. The van der Waals surface area contributed by atoms with Gasteiger partial charge >= 0.3 is 0 Å². The summed E-state index contributed by atoms with van der Waals surface area (Å²) in [6.45, 7) is 0.286. The normalized spacial score (nSPS) is 14.7. The number of nitrogens with zero attached hydrogens (tertiary/aromatic N) is 1. The zero-order chi connectivity index (χ0) is 24.2. The van der Waals surface area contributed by atoms with Crippen LogP contribution < -0.4 is 9.47 Å². The highest BCUT2D eigenvalue weighted by atomic mass is 79.9. The van der Waals surface area contributed by atoms with Crippen LogP contribution in [0.5, 0.6) is 11.5 Å². The fraction of sp³-hybridized carbons (Fsp3) is 0.120. The van der Waals surface area contributed by atoms with Gasteiger partial charge in [0.1, 0.15) is 12.4 Å². The molecule has 3 aromatic carbocycles. The summed E-state index contributed by atoms with van der Waals surface area (Å²) in [5.41, 5.74) is 2.06. The molecular weight excluding hydrogens is 545 g/mol. The fourth-order valence-electron chi connectivity index (χ4n) is 3.31. The Hall–Kier alpha value is -2.81. The SMILES string of the molecule is COc1cc(/C=C2\SC(=O)N(Cc3ccc(Br)cc3)C2=O)cc(Cl)c1OCc1cccc(F)c1. The molecule has 0 saturated carbocycles. The molecule has 9 heteroatoms. The summed E-state index contributed by atoms with van der Waals surface area (Å²) in [5, 5.41) is -0.0802. The van der Waals surface area contributed by atoms with Gasteiger partial charge in [-0.2, -0.15) is 0 Å². The first kappa shape index (κ1) is 24.3. The van der Waals surface area contributed by atoms with Gasteiger partial charge in [0.2, 0.25) is 0 Å². The average molecular weight is 563 g/mol. The Morgan fingerprint density at radius 3 is 2.56 bits per heavy atom. The summed E-state index contributed by atoms with van der Waals surface area (Å²) in [6, 6.07) is 16.8. The van der Waals surface area contributed by atoms with Gasteiger partial charge in [0.15, 0.2) is 11.5 Å². The summed E-state index contributed by atoms with van der Waals surface area (Å²) in [7, 11) is 1.47. The van der Waals surface area contributed by atoms with Crippen LogP contribution in [-0.2, 0) is 17.9 Å². The number of hydrogen-bond acceptors (Lipinski definition) is 5. The highest BCUT2D eigenvalue weighted by molar-refractivity contribution is 9.10. The molecule has 0 bridgehead atoms. The molecule has 1 aliphatic rings. The number of amides is 2. The van der Waals surface area contributed by atoms with Crippen molar-refractivity contribution in [1.29, 1.82) is 0 Å². The number of thioether (sulfide) groups is 1. The number of imide groups is 1. The molecule has 0 N–H and O–H groups in total. The number of ether oxygens (including phenoxy) is 2. The van der Waals surface area contributed by atoms with Gasteiger partial charge in [0.25, 0.3) is 11.1 Å². The lowest BCUT2D eigenvalue weighted by Crippen LogP contribution is -2.27. The third-order valence-corrected chi connectivity index (χ3v) is 6.67. The van der Waals surface area contributed by atoms with E-state index in [1.807, 2.05) is 24.3 Å². The molecule has 0 spiro atoms. The van der Waals surface area contributed by atoms with E-state index in [2.05, 4.69) is 15.9 Å². The lowest BCUT2D eigenvalue weighted by molar-refractivity contribution is -0.123. The molecule has 2 amide bonds. The van der Waals surface area contributed by atoms with Gasteiger partial charge < -0.3 is 9.47 Å². The molecule has 0 radical (unpaired) electrons. The van der Waals surface area contributed by atoms with E-state index in [-0.39, 0.29) is 40.0 Å². The van der Waals surface area contributed by atoms with Crippen molar-refractivity contribution >= 4 is 56.5 Å². The van der Waals surface area contributed by atoms with Crippen LogP contribution in [0, 0.1) is 5.82 Å². The number of rotatable bonds is 7. The van der Waals surface area contributed by atoms with Gasteiger partial charge in [-0.3, -0.25) is 14.5 Å². The van der Waals surface area contributed by atoms with Crippen LogP contribution in [0.15, 0.2) is 70.0 Å². The first-order valence-electron chi connectivity index (χ1n) is 10.1. The van der Waals surface area contributed by atoms with Crippen LogP contribution in [-0.4, -0.2) is 23.2 Å². The molecule has 0 unspecified atom stereocenters. The maximum absolute atomic E-state index is 13.4. The highest BCUT2D eigenvalue weighted by Gasteiger charge is 2.35. The Morgan fingerprint density at radius 2 is 1.85 bits per heavy atom. The minimum atomic E-state index is -0.376. The van der Waals surface area contributed by atoms with Crippen LogP contribution in [0.1, 0.15) is 16.7 Å². The molecular formula is C25H18BrClFNO4S. The molecule has 1 fully saturated rings. The second-order valence-corrected chi connectivity index (χ2v) is 9.66. The van der Waals surface area contributed by atoms with E-state index < -0.39 is 0 Å². The van der Waals surface area contributed by atoms with Crippen molar-refractivity contribution in [3.8, 4) is 11.5 Å². The first-order chi connectivity index (χ1) is 16.3. The van der Waals surface area contributed by atoms with Crippen molar-refractivity contribution in [3.05, 3.63) is 97.6 Å². The lowest BCUT2D eigenvalue weighted by atomic mass is 10.1. The quantitative estimate of drug-likeness (QED) is 0.288. The molecule has 1 saturated heterocycles. The molecule has 1 heterocycles. The Balaban J connectivity index is 1.53. The largest absolute Gasteiger partial charge is 0.493 e. The molecule has 34 heavy (non-hydrogen) atoms. The van der Waals surface area contributed by atoms with E-state index in [4.69, 9.17) is 21.1 Å². The number of methoxy groups -OCH3 is 1. The second-order valence-electron chi connectivity index (χ2n) is 7.35. The minimum Gasteiger partial charge on any atom is -0.493 e. The van der Waals surface area contributed by atoms with E-state index in [0.29, 0.717) is 22.6 Å². The van der Waals surface area contributed by atoms with Crippen molar-refractivity contribution in [3.63, 3.8) is 0 Å². The van der Waals surface area contributed by atoms with Crippen molar-refractivity contribution in [2.24, 2.45) is 0 Å². The number of carbonyl (C=O) groups excluding carboxylic acids is 2. The summed E-state index contributed by atoms with van der Waals surface area (Å²) < 4.78 is 25.5. The number of benzene rings is 3. The Labute approximate surface area is 213 Å². The molecule has 0 aliphatic carbocycles. The van der Waals surface area contributed by atoms with Crippen LogP contribution in [0.2, 0.25) is 5.02 Å². The summed E-state index contributed by atoms with van der Waals surface area (Å²) >= 11 is 10.7. The van der Waals surface area contributed by atoms with Crippen LogP contribution in [0.4, 0.5) is 9.18 Å². The molecule has 3 aromatic rings. The lowest BCUT2D eigenvalue weighted by Gasteiger charge is -2.14. The van der Waals surface area contributed by atoms with Crippen molar-refractivity contribution in [1.82, 2.24) is 4.90 Å². The van der Waals surface area contributed by atoms with Crippen LogP contribution >= 0.6 is 39.3 Å². The van der Waals surface area contributed by atoms with E-state index >= 15 is 0 Å². The summed E-state index contributed by atoms with van der Waals surface area (Å²) in [5.74, 6) is -0.0822. The molecule has 5 nitrogen and oxygen atoms in total. The first-order valence-corrected chi connectivity index (χ1v) is 12.1. The zero-order valence-electron chi connectivity index (χ0n) is 17.9. The predicted molar refractivity (Wildman–Crippen MR) is 134 cm³/mol. The number of halogens is 3. The van der Waals surface area contributed by atoms with E-state index in [1.165, 1.54) is 24.1 Å². The average Bonchev–Trinajstić information content (AvgIpc) is 3.06. The fourth-order valence-corrected chi connectivity index (χ4v) is 4.68. The Bertz CT molecular complexity index is 1280. The second kappa shape index (κ2) is 10.6. The Morgan fingerprint density at radius 1 is 1.09 bits per heavy atom. The van der Waals surface area contributed by atoms with Gasteiger partial charge in [-0.05, 0) is 70.9 Å². The monoisotopic (exact) mass is 561 g/mol. The topological polar surface area (TPSA) is 55.8 Å². The highest BCUT2D eigenvalue weighted by Crippen LogP contribution is 2.39. The summed E-state index contributed by atoms with van der Waals surface area (Å²) in [6.07, 6.45) is 1.59. The van der Waals surface area contributed by atoms with E-state index in [9.17, 15) is 14.0 Å². The standard InChI is InChI=1S/C25H18BrClFNO4S/c1-32-21-11-17(10-20(27)23(21)33-14-16-3-2-4-19(28)9-16)12-22-24(30)29(25(31)34-22)13-15-5-7-18(26)8-6-15/h2-12H,13-14H2,1H3/b22-12-. The van der Waals surface area contributed by atoms with Gasteiger partial charge in [0.05, 0.1) is 23.6 Å². The maximum Gasteiger partial charge on any atom is 0.293 e. The maximum atomic E-state index is 13.4. The predicted octanol–water partition coefficient (Wildman–Crippen LogP) is 7.07. The van der Waals surface area contributed by atoms with Gasteiger partial charge in [0, 0.05) is 4.47 Å². The summed E-state index contributed by atoms with van der Waals surface area (Å²) in [4.78, 5) is 26.8. The minimum absolute atomic E-state index is 0.0993. The van der Waals surface area contributed by atoms with Gasteiger partial charge in [-0.1, -0.05) is 51.8 Å². The van der Waals surface area contributed by atoms with Gasteiger partial charge in [-0.15, -0.1) is 0 Å². The molecule has 4 rings (SSSR count). The van der Waals surface area contributed by atoms with Crippen LogP contribution in [0.3, 0.4) is 0 Å². The molecule has 1 aliphatic heterocycles. The zero-order valence-corrected chi connectivity index (χ0v) is 21.0. The van der Waals surface area contributed by atoms with Crippen molar-refractivity contribution in [2.75, 3.05) is 7.11 Å². The van der Waals surface area contributed by atoms with Crippen LogP contribution in [0.25, 0.3) is 6.08 Å². The molecule has 0 aromatic heterocycles. The molecule has 174 valence electrons. The Kier molecular flexibility index (Phi) is 7.60. The third kappa shape index (κ3) is 5.63. The van der Waals surface area contributed by atoms with Gasteiger partial charge in [-0.25, -0.2) is 4.39 Å². The smallest absolute Gasteiger partial charge is 0.293 e. The van der Waals surface area contributed by atoms with Crippen molar-refractivity contribution in [2.45, 2.75) is 13.2 Å².